The summed E-state index contributed by atoms with van der Waals surface area (Å²) >= 11 is 1.40. The number of fused-ring (bicyclic) bond motifs is 6. The average molecular weight is 343 g/mol. The van der Waals surface area contributed by atoms with Crippen molar-refractivity contribution >= 4 is 27.5 Å². The Balaban J connectivity index is 1.36. The maximum atomic E-state index is 13.0. The second-order valence-electron chi connectivity index (χ2n) is 7.51. The van der Waals surface area contributed by atoms with Crippen molar-refractivity contribution in [3.63, 3.8) is 0 Å². The molecule has 24 heavy (non-hydrogen) atoms. The summed E-state index contributed by atoms with van der Waals surface area (Å²) in [6, 6.07) is 1.86. The monoisotopic (exact) mass is 343 g/mol. The molecule has 0 aliphatic heterocycles. The smallest absolute Gasteiger partial charge is 0.268 e. The zero-order valence-electron chi connectivity index (χ0n) is 13.7. The van der Waals surface area contributed by atoms with E-state index in [1.54, 1.807) is 0 Å². The molecule has 1 unspecified atom stereocenters. The molecule has 3 fully saturated rings. The van der Waals surface area contributed by atoms with Gasteiger partial charge in [-0.05, 0) is 61.3 Å². The predicted octanol–water partition coefficient (Wildman–Crippen LogP) is 2.63. The fraction of sp³-hybridized carbons (Fsp3) is 0.611. The molecule has 0 aromatic carbocycles. The summed E-state index contributed by atoms with van der Waals surface area (Å²) < 4.78 is 0.654. The molecular formula is C18H21N3O2S. The van der Waals surface area contributed by atoms with Gasteiger partial charge in [0.1, 0.15) is 10.5 Å². The first kappa shape index (κ1) is 14.6. The van der Waals surface area contributed by atoms with Gasteiger partial charge in [0.05, 0.1) is 12.1 Å². The minimum atomic E-state index is -0.102. The van der Waals surface area contributed by atoms with Gasteiger partial charge in [0.2, 0.25) is 5.91 Å². The van der Waals surface area contributed by atoms with Crippen molar-refractivity contribution in [1.29, 1.82) is 0 Å². The van der Waals surface area contributed by atoms with Crippen LogP contribution >= 0.6 is 11.3 Å². The summed E-state index contributed by atoms with van der Waals surface area (Å²) in [4.78, 5) is 34.3. The number of thiophene rings is 1. The third-order valence-corrected chi connectivity index (χ3v) is 7.32. The zero-order chi connectivity index (χ0) is 16.4. The van der Waals surface area contributed by atoms with Crippen LogP contribution in [0.1, 0.15) is 32.0 Å². The van der Waals surface area contributed by atoms with Gasteiger partial charge < -0.3 is 9.88 Å². The van der Waals surface area contributed by atoms with Crippen molar-refractivity contribution in [2.75, 3.05) is 6.54 Å². The van der Waals surface area contributed by atoms with Crippen LogP contribution in [0, 0.1) is 29.6 Å². The lowest BCUT2D eigenvalue weighted by molar-refractivity contribution is -0.134. The van der Waals surface area contributed by atoms with E-state index in [9.17, 15) is 9.59 Å². The van der Waals surface area contributed by atoms with Crippen molar-refractivity contribution in [2.45, 2.75) is 32.7 Å². The zero-order valence-corrected chi connectivity index (χ0v) is 14.5. The highest BCUT2D eigenvalue weighted by Crippen LogP contribution is 2.69. The number of hydrogen-bond acceptors (Lipinski definition) is 4. The van der Waals surface area contributed by atoms with Crippen molar-refractivity contribution in [3.8, 4) is 0 Å². The number of nitrogens with zero attached hydrogens (tertiary/aromatic N) is 2. The Morgan fingerprint density at radius 3 is 2.83 bits per heavy atom. The van der Waals surface area contributed by atoms with Crippen LogP contribution in [0.4, 0.5) is 0 Å². The standard InChI is InChI=1S/C18H21N3O2S/c1-2-21(8-12-19-11-5-6-24-16(11)17(22)20-12)18(23)15-13-9-3-4-10(7-9)14(13)15/h5-6,9-10,13-15H,2-4,7-8H2,1H3,(H,19,20,22)/t9-,10+,13+,14-,15?. The number of nitrogens with one attached hydrogen (secondary N) is 1. The topological polar surface area (TPSA) is 66.1 Å². The molecule has 3 saturated carbocycles. The molecule has 1 N–H and O–H groups in total. The number of H-pyrrole nitrogens is 1. The first-order valence-electron chi connectivity index (χ1n) is 8.92. The number of carbonyl (C=O) groups is 1. The van der Waals surface area contributed by atoms with Gasteiger partial charge in [-0.1, -0.05) is 0 Å². The second kappa shape index (κ2) is 5.15. The van der Waals surface area contributed by atoms with Crippen LogP contribution in [0.3, 0.4) is 0 Å². The van der Waals surface area contributed by atoms with Gasteiger partial charge in [-0.3, -0.25) is 9.59 Å². The molecule has 3 aliphatic rings. The van der Waals surface area contributed by atoms with E-state index in [1.165, 1.54) is 30.6 Å². The van der Waals surface area contributed by atoms with E-state index in [2.05, 4.69) is 9.97 Å². The molecule has 1 amide bonds. The van der Waals surface area contributed by atoms with E-state index in [-0.39, 0.29) is 17.4 Å². The predicted molar refractivity (Wildman–Crippen MR) is 92.6 cm³/mol. The Kier molecular flexibility index (Phi) is 3.14. The number of carbonyl (C=O) groups excluding carboxylic acids is 1. The molecular weight excluding hydrogens is 322 g/mol. The number of rotatable bonds is 4. The van der Waals surface area contributed by atoms with Crippen LogP contribution < -0.4 is 5.56 Å². The minimum Gasteiger partial charge on any atom is -0.335 e. The summed E-state index contributed by atoms with van der Waals surface area (Å²) in [6.45, 7) is 3.07. The normalized spacial score (nSPS) is 33.0. The maximum Gasteiger partial charge on any atom is 0.268 e. The lowest BCUT2D eigenvalue weighted by Crippen LogP contribution is -2.34. The number of amides is 1. The van der Waals surface area contributed by atoms with Gasteiger partial charge in [0.25, 0.3) is 5.56 Å². The van der Waals surface area contributed by atoms with Crippen LogP contribution in [0.25, 0.3) is 10.2 Å². The van der Waals surface area contributed by atoms with E-state index < -0.39 is 0 Å². The van der Waals surface area contributed by atoms with Crippen molar-refractivity contribution < 1.29 is 4.79 Å². The summed E-state index contributed by atoms with van der Waals surface area (Å²) in [7, 11) is 0. The quantitative estimate of drug-likeness (QED) is 0.928. The highest BCUT2D eigenvalue weighted by molar-refractivity contribution is 7.17. The molecule has 0 spiro atoms. The summed E-state index contributed by atoms with van der Waals surface area (Å²) in [5, 5.41) is 1.88. The molecule has 5 nitrogen and oxygen atoms in total. The molecule has 0 saturated heterocycles. The van der Waals surface area contributed by atoms with E-state index in [1.807, 2.05) is 23.3 Å². The van der Waals surface area contributed by atoms with Crippen LogP contribution in [-0.4, -0.2) is 27.3 Å². The summed E-state index contributed by atoms with van der Waals surface area (Å²) in [5.74, 6) is 4.01. The van der Waals surface area contributed by atoms with Gasteiger partial charge >= 0.3 is 0 Å². The molecule has 6 heteroatoms. The fourth-order valence-electron chi connectivity index (χ4n) is 5.39. The van der Waals surface area contributed by atoms with E-state index in [0.29, 0.717) is 35.4 Å². The summed E-state index contributed by atoms with van der Waals surface area (Å²) in [6.07, 6.45) is 4.01. The highest BCUT2D eigenvalue weighted by Gasteiger charge is 2.67. The molecule has 2 heterocycles. The maximum absolute atomic E-state index is 13.0. The first-order valence-corrected chi connectivity index (χ1v) is 9.80. The number of hydrogen-bond donors (Lipinski definition) is 1. The van der Waals surface area contributed by atoms with Gasteiger partial charge in [0, 0.05) is 12.5 Å². The van der Waals surface area contributed by atoms with Gasteiger partial charge in [0.15, 0.2) is 0 Å². The molecule has 2 aromatic rings. The van der Waals surface area contributed by atoms with Crippen LogP contribution in [0.2, 0.25) is 0 Å². The fourth-order valence-corrected chi connectivity index (χ4v) is 6.11. The molecule has 0 radical (unpaired) electrons. The van der Waals surface area contributed by atoms with E-state index >= 15 is 0 Å². The molecule has 5 rings (SSSR count). The third kappa shape index (κ3) is 2.01. The Labute approximate surface area is 144 Å². The van der Waals surface area contributed by atoms with Gasteiger partial charge in [-0.2, -0.15) is 0 Å². The molecule has 2 bridgehead atoms. The molecule has 2 aromatic heterocycles. The average Bonchev–Trinajstić information content (AvgIpc) is 2.96. The van der Waals surface area contributed by atoms with Crippen molar-refractivity contribution in [3.05, 3.63) is 27.6 Å². The molecule has 3 aliphatic carbocycles. The van der Waals surface area contributed by atoms with Gasteiger partial charge in [-0.25, -0.2) is 4.98 Å². The summed E-state index contributed by atoms with van der Waals surface area (Å²) in [5.41, 5.74) is 0.624. The van der Waals surface area contributed by atoms with Crippen LogP contribution in [0.5, 0.6) is 0 Å². The van der Waals surface area contributed by atoms with Crippen LogP contribution in [-0.2, 0) is 11.3 Å². The Hall–Kier alpha value is -1.69. The first-order chi connectivity index (χ1) is 11.7. The van der Waals surface area contributed by atoms with Gasteiger partial charge in [-0.15, -0.1) is 11.3 Å². The number of aromatic amines is 1. The Morgan fingerprint density at radius 2 is 2.12 bits per heavy atom. The lowest BCUT2D eigenvalue weighted by atomic mass is 10.0. The Bertz CT molecular complexity index is 857. The lowest BCUT2D eigenvalue weighted by Gasteiger charge is -2.22. The minimum absolute atomic E-state index is 0.102. The Morgan fingerprint density at radius 1 is 1.38 bits per heavy atom. The van der Waals surface area contributed by atoms with E-state index in [4.69, 9.17) is 0 Å². The van der Waals surface area contributed by atoms with Crippen LogP contribution in [0.15, 0.2) is 16.2 Å². The number of aromatic nitrogens is 2. The largest absolute Gasteiger partial charge is 0.335 e. The van der Waals surface area contributed by atoms with Crippen molar-refractivity contribution in [2.24, 2.45) is 29.6 Å². The third-order valence-electron chi connectivity index (χ3n) is 6.42. The second-order valence-corrected chi connectivity index (χ2v) is 8.43. The van der Waals surface area contributed by atoms with Crippen molar-refractivity contribution in [1.82, 2.24) is 14.9 Å². The SMILES string of the molecule is CCN(Cc1nc2ccsc2c(=O)[nH]1)C(=O)C1[C@@H]2[C@H]3CC[C@H](C3)[C@H]12. The molecule has 5 atom stereocenters. The van der Waals surface area contributed by atoms with E-state index in [0.717, 1.165) is 17.4 Å². The molecule has 126 valence electrons. The highest BCUT2D eigenvalue weighted by atomic mass is 32.1.